The van der Waals surface area contributed by atoms with E-state index in [-0.39, 0.29) is 12.5 Å². The Bertz CT molecular complexity index is 599. The third kappa shape index (κ3) is 3.13. The summed E-state index contributed by atoms with van der Waals surface area (Å²) >= 11 is 1.26. The van der Waals surface area contributed by atoms with Crippen molar-refractivity contribution in [3.8, 4) is 11.8 Å². The molecular weight excluding hydrogens is 250 g/mol. The highest BCUT2D eigenvalue weighted by atomic mass is 32.1. The van der Waals surface area contributed by atoms with Gasteiger partial charge in [-0.1, -0.05) is 11.8 Å². The fourth-order valence-electron chi connectivity index (χ4n) is 1.21. The van der Waals surface area contributed by atoms with Crippen molar-refractivity contribution in [3.63, 3.8) is 0 Å². The molecule has 0 aromatic carbocycles. The minimum Gasteiger partial charge on any atom is -0.384 e. The summed E-state index contributed by atoms with van der Waals surface area (Å²) in [4.78, 5) is 20.7. The highest BCUT2D eigenvalue weighted by Gasteiger charge is 2.08. The minimum atomic E-state index is -0.230. The molecule has 2 N–H and O–H groups in total. The molecular formula is C12H9N3O2S. The van der Waals surface area contributed by atoms with E-state index >= 15 is 0 Å². The zero-order chi connectivity index (χ0) is 12.8. The third-order valence-corrected chi connectivity index (χ3v) is 2.94. The fourth-order valence-corrected chi connectivity index (χ4v) is 1.99. The van der Waals surface area contributed by atoms with Crippen molar-refractivity contribution in [2.75, 3.05) is 11.9 Å². The molecule has 0 aliphatic rings. The second-order valence-corrected chi connectivity index (χ2v) is 4.29. The molecule has 18 heavy (non-hydrogen) atoms. The summed E-state index contributed by atoms with van der Waals surface area (Å²) in [5.41, 5.74) is 0.541. The first-order valence-electron chi connectivity index (χ1n) is 5.05. The number of nitrogens with zero attached hydrogens (tertiary/aromatic N) is 2. The van der Waals surface area contributed by atoms with E-state index in [4.69, 9.17) is 5.11 Å². The monoisotopic (exact) mass is 259 g/mol. The molecule has 2 heterocycles. The Kier molecular flexibility index (Phi) is 4.02. The van der Waals surface area contributed by atoms with Gasteiger partial charge in [-0.15, -0.1) is 11.3 Å². The van der Waals surface area contributed by atoms with Crippen molar-refractivity contribution in [1.82, 2.24) is 9.97 Å². The topological polar surface area (TPSA) is 75.1 Å². The molecule has 0 fully saturated rings. The maximum Gasteiger partial charge on any atom is 0.265 e. The number of amides is 1. The van der Waals surface area contributed by atoms with Gasteiger partial charge >= 0.3 is 0 Å². The van der Waals surface area contributed by atoms with Crippen molar-refractivity contribution in [2.45, 2.75) is 0 Å². The van der Waals surface area contributed by atoms with Crippen molar-refractivity contribution in [2.24, 2.45) is 0 Å². The number of aromatic nitrogens is 2. The molecule has 90 valence electrons. The van der Waals surface area contributed by atoms with Crippen molar-refractivity contribution in [3.05, 3.63) is 40.6 Å². The summed E-state index contributed by atoms with van der Waals surface area (Å²) in [5, 5.41) is 11.3. The highest BCUT2D eigenvalue weighted by Crippen LogP contribution is 2.16. The van der Waals surface area contributed by atoms with E-state index in [0.29, 0.717) is 10.6 Å². The van der Waals surface area contributed by atoms with Crippen LogP contribution in [0.2, 0.25) is 0 Å². The summed E-state index contributed by atoms with van der Waals surface area (Å²) in [6.07, 6.45) is 4.43. The quantitative estimate of drug-likeness (QED) is 0.793. The second-order valence-electron chi connectivity index (χ2n) is 3.21. The van der Waals surface area contributed by atoms with Gasteiger partial charge in [0, 0.05) is 0 Å². The molecule has 2 rings (SSSR count). The lowest BCUT2D eigenvalue weighted by atomic mass is 10.4. The van der Waals surface area contributed by atoms with Crippen LogP contribution in [0.5, 0.6) is 0 Å². The van der Waals surface area contributed by atoms with Crippen LogP contribution in [0.4, 0.5) is 5.69 Å². The Morgan fingerprint density at radius 1 is 1.39 bits per heavy atom. The van der Waals surface area contributed by atoms with Gasteiger partial charge in [-0.3, -0.25) is 4.79 Å². The van der Waals surface area contributed by atoms with E-state index in [1.165, 1.54) is 30.1 Å². The lowest BCUT2D eigenvalue weighted by Gasteiger charge is -2.00. The summed E-state index contributed by atoms with van der Waals surface area (Å²) in [7, 11) is 0. The smallest absolute Gasteiger partial charge is 0.265 e. The number of anilines is 1. The van der Waals surface area contributed by atoms with E-state index in [0.717, 1.165) is 4.88 Å². The third-order valence-electron chi connectivity index (χ3n) is 1.94. The molecule has 1 amide bonds. The molecule has 0 aliphatic carbocycles. The van der Waals surface area contributed by atoms with Gasteiger partial charge in [-0.2, -0.15) is 0 Å². The van der Waals surface area contributed by atoms with Crippen LogP contribution in [0, 0.1) is 11.8 Å². The number of hydrogen-bond donors (Lipinski definition) is 2. The maximum atomic E-state index is 11.8. The van der Waals surface area contributed by atoms with Crippen molar-refractivity contribution >= 4 is 22.9 Å². The van der Waals surface area contributed by atoms with Crippen LogP contribution < -0.4 is 5.32 Å². The largest absolute Gasteiger partial charge is 0.384 e. The van der Waals surface area contributed by atoms with E-state index < -0.39 is 0 Å². The number of nitrogens with one attached hydrogen (secondary N) is 1. The van der Waals surface area contributed by atoms with Gasteiger partial charge in [0.15, 0.2) is 0 Å². The SMILES string of the molecule is O=C(Nc1cncnc1)c1ccc(C#CCO)s1. The number of carbonyl (C=O) groups is 1. The molecule has 0 saturated heterocycles. The van der Waals surface area contributed by atoms with Crippen LogP contribution in [0.25, 0.3) is 0 Å². The second kappa shape index (κ2) is 5.91. The van der Waals surface area contributed by atoms with Crippen LogP contribution >= 0.6 is 11.3 Å². The van der Waals surface area contributed by atoms with Gasteiger partial charge < -0.3 is 10.4 Å². The van der Waals surface area contributed by atoms with Gasteiger partial charge in [-0.25, -0.2) is 9.97 Å². The Hall–Kier alpha value is -2.23. The normalized spacial score (nSPS) is 9.39. The van der Waals surface area contributed by atoms with Gasteiger partial charge in [0.05, 0.1) is 27.8 Å². The molecule has 0 unspecified atom stereocenters. The van der Waals surface area contributed by atoms with E-state index in [1.807, 2.05) is 0 Å². The van der Waals surface area contributed by atoms with Crippen LogP contribution in [-0.2, 0) is 0 Å². The molecule has 0 spiro atoms. The van der Waals surface area contributed by atoms with E-state index in [2.05, 4.69) is 27.1 Å². The van der Waals surface area contributed by atoms with Crippen LogP contribution in [-0.4, -0.2) is 27.6 Å². The van der Waals surface area contributed by atoms with Gasteiger partial charge in [-0.05, 0) is 12.1 Å². The Morgan fingerprint density at radius 2 is 2.17 bits per heavy atom. The number of carbonyl (C=O) groups excluding carboxylic acids is 1. The van der Waals surface area contributed by atoms with E-state index in [9.17, 15) is 4.79 Å². The van der Waals surface area contributed by atoms with Crippen molar-refractivity contribution in [1.29, 1.82) is 0 Å². The van der Waals surface area contributed by atoms with Crippen LogP contribution in [0.15, 0.2) is 30.9 Å². The molecule has 0 radical (unpaired) electrons. The predicted molar refractivity (Wildman–Crippen MR) is 68.3 cm³/mol. The van der Waals surface area contributed by atoms with E-state index in [1.54, 1.807) is 12.1 Å². The maximum absolute atomic E-state index is 11.8. The molecule has 0 saturated carbocycles. The number of aliphatic hydroxyl groups is 1. The molecule has 0 atom stereocenters. The summed E-state index contributed by atoms with van der Waals surface area (Å²) in [5.74, 6) is 5.05. The number of thiophene rings is 1. The molecule has 6 heteroatoms. The number of hydrogen-bond acceptors (Lipinski definition) is 5. The standard InChI is InChI=1S/C12H9N3O2S/c16-5-1-2-10-3-4-11(18-10)12(17)15-9-6-13-8-14-7-9/h3-4,6-8,16H,5H2,(H,15,17). The van der Waals surface area contributed by atoms with Gasteiger partial charge in [0.1, 0.15) is 12.9 Å². The molecule has 0 aliphatic heterocycles. The zero-order valence-corrected chi connectivity index (χ0v) is 10.1. The first-order chi connectivity index (χ1) is 8.79. The summed E-state index contributed by atoms with van der Waals surface area (Å²) < 4.78 is 0. The summed E-state index contributed by atoms with van der Waals surface area (Å²) in [6, 6.07) is 3.43. The summed E-state index contributed by atoms with van der Waals surface area (Å²) in [6.45, 7) is -0.194. The Labute approximate surface area is 108 Å². The molecule has 5 nitrogen and oxygen atoms in total. The lowest BCUT2D eigenvalue weighted by Crippen LogP contribution is -2.10. The number of aliphatic hydroxyl groups excluding tert-OH is 1. The van der Waals surface area contributed by atoms with Crippen LogP contribution in [0.3, 0.4) is 0 Å². The zero-order valence-electron chi connectivity index (χ0n) is 9.25. The Balaban J connectivity index is 2.08. The van der Waals surface area contributed by atoms with Crippen molar-refractivity contribution < 1.29 is 9.90 Å². The fraction of sp³-hybridized carbons (Fsp3) is 0.0833. The average molecular weight is 259 g/mol. The minimum absolute atomic E-state index is 0.194. The molecule has 0 bridgehead atoms. The predicted octanol–water partition coefficient (Wildman–Crippen LogP) is 1.13. The molecule has 2 aromatic heterocycles. The first-order valence-corrected chi connectivity index (χ1v) is 5.87. The average Bonchev–Trinajstić information content (AvgIpc) is 2.86. The highest BCUT2D eigenvalue weighted by molar-refractivity contribution is 7.14. The Morgan fingerprint density at radius 3 is 2.89 bits per heavy atom. The van der Waals surface area contributed by atoms with Gasteiger partial charge in [0.2, 0.25) is 0 Å². The first kappa shape index (κ1) is 12.2. The van der Waals surface area contributed by atoms with Gasteiger partial charge in [0.25, 0.3) is 5.91 Å². The number of rotatable bonds is 2. The van der Waals surface area contributed by atoms with Crippen LogP contribution in [0.1, 0.15) is 14.5 Å². The lowest BCUT2D eigenvalue weighted by molar-refractivity contribution is 0.103. The molecule has 2 aromatic rings.